The van der Waals surface area contributed by atoms with Crippen LogP contribution in [0.15, 0.2) is 29.3 Å². The predicted molar refractivity (Wildman–Crippen MR) is 103 cm³/mol. The fraction of sp³-hybridized carbons (Fsp3) is 0.500. The highest BCUT2D eigenvalue weighted by atomic mass is 16.6. The molecule has 1 rings (SSSR count). The van der Waals surface area contributed by atoms with Crippen LogP contribution in [0.4, 0.5) is 15.3 Å². The van der Waals surface area contributed by atoms with Crippen molar-refractivity contribution >= 4 is 23.8 Å². The quantitative estimate of drug-likeness (QED) is 0.358. The third-order valence-corrected chi connectivity index (χ3v) is 2.95. The zero-order chi connectivity index (χ0) is 21.7. The number of nitro groups is 1. The van der Waals surface area contributed by atoms with Crippen LogP contribution < -0.4 is 5.73 Å². The van der Waals surface area contributed by atoms with E-state index in [2.05, 4.69) is 4.99 Å². The summed E-state index contributed by atoms with van der Waals surface area (Å²) in [5.74, 6) is -0.449. The second kappa shape index (κ2) is 8.68. The highest BCUT2D eigenvalue weighted by Crippen LogP contribution is 2.17. The van der Waals surface area contributed by atoms with Crippen molar-refractivity contribution in [2.24, 2.45) is 10.7 Å². The summed E-state index contributed by atoms with van der Waals surface area (Å²) in [5.41, 5.74) is 4.48. The van der Waals surface area contributed by atoms with Crippen molar-refractivity contribution in [2.45, 2.75) is 59.3 Å². The van der Waals surface area contributed by atoms with Gasteiger partial charge in [-0.2, -0.15) is 0 Å². The molecule has 0 bridgehead atoms. The molecule has 0 saturated heterocycles. The number of benzene rings is 1. The van der Waals surface area contributed by atoms with Gasteiger partial charge in [-0.3, -0.25) is 10.1 Å². The molecule has 0 spiro atoms. The Morgan fingerprint density at radius 1 is 1.14 bits per heavy atom. The second-order valence-corrected chi connectivity index (χ2v) is 7.94. The van der Waals surface area contributed by atoms with Crippen molar-refractivity contribution in [1.82, 2.24) is 4.90 Å². The van der Waals surface area contributed by atoms with Crippen LogP contribution in [0.2, 0.25) is 0 Å². The molecule has 0 aliphatic carbocycles. The Morgan fingerprint density at radius 3 is 2.21 bits per heavy atom. The summed E-state index contributed by atoms with van der Waals surface area (Å²) < 4.78 is 10.4. The number of carbonyl (C=O) groups is 2. The second-order valence-electron chi connectivity index (χ2n) is 7.94. The van der Waals surface area contributed by atoms with Gasteiger partial charge in [0.1, 0.15) is 11.2 Å². The van der Waals surface area contributed by atoms with E-state index in [1.165, 1.54) is 18.2 Å². The van der Waals surface area contributed by atoms with Crippen molar-refractivity contribution in [3.63, 3.8) is 0 Å². The number of hydrogen-bond donors (Lipinski definition) is 1. The average Bonchev–Trinajstić information content (AvgIpc) is 2.48. The maximum atomic E-state index is 12.5. The Bertz CT molecular complexity index is 777. The van der Waals surface area contributed by atoms with Gasteiger partial charge in [0.2, 0.25) is 5.96 Å². The lowest BCUT2D eigenvalue weighted by molar-refractivity contribution is -0.384. The van der Waals surface area contributed by atoms with Crippen LogP contribution in [0.25, 0.3) is 0 Å². The number of aliphatic imine (C=N–C) groups is 1. The van der Waals surface area contributed by atoms with Gasteiger partial charge in [-0.05, 0) is 47.1 Å². The number of carbonyl (C=O) groups excluding carboxylic acids is 2. The fourth-order valence-corrected chi connectivity index (χ4v) is 1.95. The van der Waals surface area contributed by atoms with E-state index in [0.717, 1.165) is 4.90 Å². The fourth-order valence-electron chi connectivity index (χ4n) is 1.95. The van der Waals surface area contributed by atoms with Gasteiger partial charge in [-0.25, -0.2) is 14.5 Å². The highest BCUT2D eigenvalue weighted by molar-refractivity contribution is 5.98. The Kier molecular flexibility index (Phi) is 7.09. The number of nitro benzene ring substituents is 1. The predicted octanol–water partition coefficient (Wildman–Crippen LogP) is 3.58. The molecule has 154 valence electrons. The van der Waals surface area contributed by atoms with E-state index < -0.39 is 34.3 Å². The first-order chi connectivity index (χ1) is 12.7. The minimum atomic E-state index is -0.974. The van der Waals surface area contributed by atoms with E-state index >= 15 is 0 Å². The lowest BCUT2D eigenvalue weighted by Gasteiger charge is -2.26. The maximum Gasteiger partial charge on any atom is 0.437 e. The van der Waals surface area contributed by atoms with Crippen LogP contribution in [-0.2, 0) is 16.0 Å². The van der Waals surface area contributed by atoms with Gasteiger partial charge in [0.15, 0.2) is 0 Å². The lowest BCUT2D eigenvalue weighted by atomic mass is 10.2. The lowest BCUT2D eigenvalue weighted by Crippen LogP contribution is -2.44. The summed E-state index contributed by atoms with van der Waals surface area (Å²) in [7, 11) is 0. The molecule has 10 heteroatoms. The smallest absolute Gasteiger partial charge is 0.437 e. The minimum Gasteiger partial charge on any atom is -0.443 e. The van der Waals surface area contributed by atoms with Crippen LogP contribution in [0.5, 0.6) is 0 Å². The van der Waals surface area contributed by atoms with Crippen LogP contribution in [0.3, 0.4) is 0 Å². The minimum absolute atomic E-state index is 0.149. The molecule has 0 radical (unpaired) electrons. The Morgan fingerprint density at radius 2 is 1.71 bits per heavy atom. The SMILES string of the molecule is CC(C)(C)OC(=O)/N=C(\N)N(Cc1cccc([N+](=O)[O-])c1)C(=O)OC(C)(C)C. The van der Waals surface area contributed by atoms with Crippen molar-refractivity contribution in [3.05, 3.63) is 39.9 Å². The highest BCUT2D eigenvalue weighted by Gasteiger charge is 2.27. The number of amides is 2. The standard InChI is InChI=1S/C18H26N4O6/c1-17(2,3)27-15(23)20-14(19)21(16(24)28-18(4,5)6)11-12-8-7-9-13(10-12)22(25)26/h7-10H,11H2,1-6H3,(H2,19,20,23). The molecular formula is C18H26N4O6. The summed E-state index contributed by atoms with van der Waals surface area (Å²) in [6, 6.07) is 5.66. The number of rotatable bonds is 3. The van der Waals surface area contributed by atoms with Gasteiger partial charge in [-0.1, -0.05) is 12.1 Å². The van der Waals surface area contributed by atoms with Crippen molar-refractivity contribution < 1.29 is 24.0 Å². The zero-order valence-electron chi connectivity index (χ0n) is 16.9. The van der Waals surface area contributed by atoms with Crippen molar-refractivity contribution in [1.29, 1.82) is 0 Å². The molecule has 0 aliphatic heterocycles. The molecule has 0 fully saturated rings. The number of nitrogens with zero attached hydrogens (tertiary/aromatic N) is 3. The van der Waals surface area contributed by atoms with Gasteiger partial charge < -0.3 is 15.2 Å². The first kappa shape index (κ1) is 22.9. The average molecular weight is 394 g/mol. The van der Waals surface area contributed by atoms with E-state index in [-0.39, 0.29) is 12.2 Å². The largest absolute Gasteiger partial charge is 0.443 e. The normalized spacial score (nSPS) is 12.3. The Hall–Kier alpha value is -3.17. The first-order valence-corrected chi connectivity index (χ1v) is 8.49. The molecule has 0 unspecified atom stereocenters. The molecule has 2 amide bonds. The first-order valence-electron chi connectivity index (χ1n) is 8.49. The molecule has 0 aromatic heterocycles. The van der Waals surface area contributed by atoms with Crippen LogP contribution in [-0.4, -0.2) is 39.2 Å². The molecule has 10 nitrogen and oxygen atoms in total. The number of guanidine groups is 1. The van der Waals surface area contributed by atoms with Gasteiger partial charge in [0.25, 0.3) is 5.69 Å². The van der Waals surface area contributed by atoms with E-state index in [1.54, 1.807) is 47.6 Å². The molecular weight excluding hydrogens is 368 g/mol. The van der Waals surface area contributed by atoms with Gasteiger partial charge in [-0.15, -0.1) is 4.99 Å². The van der Waals surface area contributed by atoms with Crippen LogP contribution in [0.1, 0.15) is 47.1 Å². The number of hydrogen-bond acceptors (Lipinski definition) is 6. The summed E-state index contributed by atoms with van der Waals surface area (Å²) in [5, 5.41) is 11.0. The van der Waals surface area contributed by atoms with Crippen LogP contribution >= 0.6 is 0 Å². The Labute approximate surface area is 163 Å². The zero-order valence-corrected chi connectivity index (χ0v) is 16.9. The van der Waals surface area contributed by atoms with Crippen LogP contribution in [0, 0.1) is 10.1 Å². The molecule has 2 N–H and O–H groups in total. The molecule has 0 atom stereocenters. The third kappa shape index (κ3) is 8.02. The van der Waals surface area contributed by atoms with Crippen molar-refractivity contribution in [2.75, 3.05) is 0 Å². The number of ether oxygens (including phenoxy) is 2. The third-order valence-electron chi connectivity index (χ3n) is 2.95. The summed E-state index contributed by atoms with van der Waals surface area (Å²) in [6.07, 6.45) is -1.83. The van der Waals surface area contributed by atoms with Crippen molar-refractivity contribution in [3.8, 4) is 0 Å². The topological polar surface area (TPSA) is 137 Å². The summed E-state index contributed by atoms with van der Waals surface area (Å²) >= 11 is 0. The van der Waals surface area contributed by atoms with Gasteiger partial charge in [0, 0.05) is 12.1 Å². The molecule has 1 aromatic rings. The van der Waals surface area contributed by atoms with E-state index in [4.69, 9.17) is 15.2 Å². The monoisotopic (exact) mass is 394 g/mol. The number of nitrogens with two attached hydrogens (primary N) is 1. The summed E-state index contributed by atoms with van der Waals surface area (Å²) in [6.45, 7) is 9.78. The maximum absolute atomic E-state index is 12.5. The van der Waals surface area contributed by atoms with E-state index in [1.807, 2.05) is 0 Å². The van der Waals surface area contributed by atoms with Gasteiger partial charge >= 0.3 is 12.2 Å². The molecule has 0 aliphatic rings. The molecule has 0 saturated carbocycles. The molecule has 0 heterocycles. The van der Waals surface area contributed by atoms with E-state index in [9.17, 15) is 19.7 Å². The molecule has 28 heavy (non-hydrogen) atoms. The van der Waals surface area contributed by atoms with E-state index in [0.29, 0.717) is 5.56 Å². The Balaban J connectivity index is 3.18. The summed E-state index contributed by atoms with van der Waals surface area (Å²) in [4.78, 5) is 39.4. The number of non-ortho nitro benzene ring substituents is 1. The van der Waals surface area contributed by atoms with Gasteiger partial charge in [0.05, 0.1) is 11.5 Å². The molecule has 1 aromatic carbocycles.